The van der Waals surface area contributed by atoms with Crippen LogP contribution in [-0.2, 0) is 4.79 Å². The van der Waals surface area contributed by atoms with Gasteiger partial charge in [0.2, 0.25) is 5.91 Å². The van der Waals surface area contributed by atoms with Crippen molar-refractivity contribution in [2.45, 2.75) is 52.0 Å². The lowest BCUT2D eigenvalue weighted by atomic mass is 10.0. The molecule has 1 unspecified atom stereocenters. The van der Waals surface area contributed by atoms with Gasteiger partial charge >= 0.3 is 0 Å². The van der Waals surface area contributed by atoms with E-state index in [1.165, 1.54) is 17.5 Å². The van der Waals surface area contributed by atoms with Crippen molar-refractivity contribution < 1.29 is 9.53 Å². The number of rotatable bonds is 5. The molecule has 2 heterocycles. The van der Waals surface area contributed by atoms with Gasteiger partial charge in [-0.15, -0.1) is 0 Å². The van der Waals surface area contributed by atoms with Crippen molar-refractivity contribution in [3.63, 3.8) is 0 Å². The third kappa shape index (κ3) is 4.43. The monoisotopic (exact) mass is 352 g/mol. The third-order valence-corrected chi connectivity index (χ3v) is 5.29. The van der Waals surface area contributed by atoms with E-state index in [1.807, 2.05) is 36.7 Å². The summed E-state index contributed by atoms with van der Waals surface area (Å²) in [6, 6.07) is 10.3. The number of carbonyl (C=O) groups excluding carboxylic acids is 1. The van der Waals surface area contributed by atoms with Gasteiger partial charge < -0.3 is 9.64 Å². The van der Waals surface area contributed by atoms with E-state index in [2.05, 4.69) is 29.8 Å². The van der Waals surface area contributed by atoms with Gasteiger partial charge in [0.1, 0.15) is 5.75 Å². The Bertz CT molecular complexity index is 730. The predicted molar refractivity (Wildman–Crippen MR) is 103 cm³/mol. The van der Waals surface area contributed by atoms with Crippen molar-refractivity contribution in [2.75, 3.05) is 13.2 Å². The molecule has 0 bridgehead atoms. The van der Waals surface area contributed by atoms with Crippen molar-refractivity contribution in [2.24, 2.45) is 0 Å². The highest BCUT2D eigenvalue weighted by Gasteiger charge is 2.26. The molecule has 0 radical (unpaired) electrons. The Morgan fingerprint density at radius 1 is 1.15 bits per heavy atom. The molecule has 0 spiro atoms. The predicted octanol–water partition coefficient (Wildman–Crippen LogP) is 4.61. The second-order valence-electron chi connectivity index (χ2n) is 7.03. The molecule has 0 N–H and O–H groups in total. The highest BCUT2D eigenvalue weighted by Crippen LogP contribution is 2.30. The lowest BCUT2D eigenvalue weighted by Crippen LogP contribution is -2.35. The number of pyridine rings is 1. The number of aryl methyl sites for hydroxylation is 1. The number of benzene rings is 1. The molecule has 0 saturated carbocycles. The topological polar surface area (TPSA) is 42.4 Å². The molecule has 0 aliphatic carbocycles. The molecule has 26 heavy (non-hydrogen) atoms. The first kappa shape index (κ1) is 18.4. The summed E-state index contributed by atoms with van der Waals surface area (Å²) >= 11 is 0. The van der Waals surface area contributed by atoms with Gasteiger partial charge in [-0.1, -0.05) is 25.0 Å². The Hall–Kier alpha value is -2.36. The van der Waals surface area contributed by atoms with E-state index < -0.39 is 0 Å². The Morgan fingerprint density at radius 2 is 1.96 bits per heavy atom. The van der Waals surface area contributed by atoms with E-state index in [4.69, 9.17) is 4.74 Å². The SMILES string of the molecule is Cc1cccc(OCCC(=O)N2CCCCCC2c2ccncc2)c1C. The quantitative estimate of drug-likeness (QED) is 0.789. The number of nitrogens with zero attached hydrogens (tertiary/aromatic N) is 2. The van der Waals surface area contributed by atoms with Crippen LogP contribution >= 0.6 is 0 Å². The summed E-state index contributed by atoms with van der Waals surface area (Å²) < 4.78 is 5.89. The Kier molecular flexibility index (Phi) is 6.26. The molecule has 3 rings (SSSR count). The van der Waals surface area contributed by atoms with E-state index in [1.54, 1.807) is 0 Å². The normalized spacial score (nSPS) is 17.6. The zero-order valence-electron chi connectivity index (χ0n) is 15.8. The molecular formula is C22H28N2O2. The number of hydrogen-bond acceptors (Lipinski definition) is 3. The highest BCUT2D eigenvalue weighted by atomic mass is 16.5. The van der Waals surface area contributed by atoms with Crippen molar-refractivity contribution in [3.8, 4) is 5.75 Å². The average molecular weight is 352 g/mol. The van der Waals surface area contributed by atoms with Gasteiger partial charge in [0.05, 0.1) is 19.1 Å². The van der Waals surface area contributed by atoms with Crippen LogP contribution in [-0.4, -0.2) is 28.9 Å². The van der Waals surface area contributed by atoms with Crippen LogP contribution in [0, 0.1) is 13.8 Å². The van der Waals surface area contributed by atoms with Crippen LogP contribution in [0.2, 0.25) is 0 Å². The molecule has 4 heteroatoms. The first-order chi connectivity index (χ1) is 12.7. The summed E-state index contributed by atoms with van der Waals surface area (Å²) in [5, 5.41) is 0. The van der Waals surface area contributed by atoms with Crippen molar-refractivity contribution >= 4 is 5.91 Å². The van der Waals surface area contributed by atoms with Gasteiger partial charge in [-0.05, 0) is 61.6 Å². The summed E-state index contributed by atoms with van der Waals surface area (Å²) in [5.41, 5.74) is 3.54. The van der Waals surface area contributed by atoms with Crippen molar-refractivity contribution in [3.05, 3.63) is 59.4 Å². The van der Waals surface area contributed by atoms with Gasteiger partial charge in [-0.3, -0.25) is 9.78 Å². The van der Waals surface area contributed by atoms with E-state index in [-0.39, 0.29) is 11.9 Å². The number of carbonyl (C=O) groups is 1. The smallest absolute Gasteiger partial charge is 0.226 e. The van der Waals surface area contributed by atoms with Gasteiger partial charge in [0, 0.05) is 18.9 Å². The summed E-state index contributed by atoms with van der Waals surface area (Å²) in [5.74, 6) is 1.05. The fraction of sp³-hybridized carbons (Fsp3) is 0.455. The summed E-state index contributed by atoms with van der Waals surface area (Å²) in [4.78, 5) is 19.1. The van der Waals surface area contributed by atoms with Gasteiger partial charge in [0.15, 0.2) is 0 Å². The largest absolute Gasteiger partial charge is 0.493 e. The Balaban J connectivity index is 1.63. The second kappa shape index (κ2) is 8.84. The van der Waals surface area contributed by atoms with E-state index in [0.717, 1.165) is 37.1 Å². The van der Waals surface area contributed by atoms with Gasteiger partial charge in [-0.25, -0.2) is 0 Å². The van der Waals surface area contributed by atoms with Crippen LogP contribution in [0.15, 0.2) is 42.7 Å². The van der Waals surface area contributed by atoms with Crippen molar-refractivity contribution in [1.82, 2.24) is 9.88 Å². The van der Waals surface area contributed by atoms with Crippen molar-refractivity contribution in [1.29, 1.82) is 0 Å². The van der Waals surface area contributed by atoms with E-state index >= 15 is 0 Å². The Labute approximate surface area is 156 Å². The zero-order valence-corrected chi connectivity index (χ0v) is 15.8. The maximum Gasteiger partial charge on any atom is 0.226 e. The summed E-state index contributed by atoms with van der Waals surface area (Å²) in [7, 11) is 0. The number of aromatic nitrogens is 1. The lowest BCUT2D eigenvalue weighted by molar-refractivity contribution is -0.134. The maximum atomic E-state index is 12.9. The van der Waals surface area contributed by atoms with Crippen LogP contribution in [0.3, 0.4) is 0 Å². The minimum Gasteiger partial charge on any atom is -0.493 e. The van der Waals surface area contributed by atoms with Crippen LogP contribution in [0.25, 0.3) is 0 Å². The standard InChI is InChI=1S/C22H28N2O2/c1-17-7-6-9-21(18(17)2)26-16-12-22(25)24-15-5-3-4-8-20(24)19-10-13-23-14-11-19/h6-7,9-11,13-14,20H,3-5,8,12,15-16H2,1-2H3. The van der Waals surface area contributed by atoms with E-state index in [9.17, 15) is 4.79 Å². The van der Waals surface area contributed by atoms with E-state index in [0.29, 0.717) is 13.0 Å². The molecule has 1 amide bonds. The van der Waals surface area contributed by atoms with Crippen LogP contribution in [0.5, 0.6) is 5.75 Å². The number of hydrogen-bond donors (Lipinski definition) is 0. The third-order valence-electron chi connectivity index (χ3n) is 5.29. The first-order valence-corrected chi connectivity index (χ1v) is 9.55. The zero-order chi connectivity index (χ0) is 18.4. The second-order valence-corrected chi connectivity index (χ2v) is 7.03. The number of likely N-dealkylation sites (tertiary alicyclic amines) is 1. The number of ether oxygens (including phenoxy) is 1. The maximum absolute atomic E-state index is 12.9. The fourth-order valence-corrected chi connectivity index (χ4v) is 3.61. The average Bonchev–Trinajstić information content (AvgIpc) is 2.92. The molecule has 138 valence electrons. The van der Waals surface area contributed by atoms with Crippen LogP contribution in [0.1, 0.15) is 54.8 Å². The van der Waals surface area contributed by atoms with Crippen LogP contribution in [0.4, 0.5) is 0 Å². The minimum absolute atomic E-state index is 0.161. The molecule has 4 nitrogen and oxygen atoms in total. The first-order valence-electron chi connectivity index (χ1n) is 9.55. The summed E-state index contributed by atoms with van der Waals surface area (Å²) in [6.07, 6.45) is 8.48. The molecular weight excluding hydrogens is 324 g/mol. The fourth-order valence-electron chi connectivity index (χ4n) is 3.61. The number of amides is 1. The van der Waals surface area contributed by atoms with Crippen LogP contribution < -0.4 is 4.74 Å². The van der Waals surface area contributed by atoms with Gasteiger partial charge in [-0.2, -0.15) is 0 Å². The molecule has 1 atom stereocenters. The molecule has 1 saturated heterocycles. The Morgan fingerprint density at radius 3 is 2.77 bits per heavy atom. The highest BCUT2D eigenvalue weighted by molar-refractivity contribution is 5.77. The molecule has 1 fully saturated rings. The summed E-state index contributed by atoms with van der Waals surface area (Å²) in [6.45, 7) is 5.38. The molecule has 1 aliphatic rings. The lowest BCUT2D eigenvalue weighted by Gasteiger charge is -2.30. The molecule has 1 aliphatic heterocycles. The molecule has 1 aromatic carbocycles. The molecule has 1 aromatic heterocycles. The molecule has 2 aromatic rings. The minimum atomic E-state index is 0.161. The van der Waals surface area contributed by atoms with Gasteiger partial charge in [0.25, 0.3) is 0 Å².